The molecule has 1 aromatic carbocycles. The molecule has 0 amide bonds. The fourth-order valence-corrected chi connectivity index (χ4v) is 2.90. The maximum Gasteiger partial charge on any atom is 0.141 e. The topological polar surface area (TPSA) is 55.0 Å². The molecule has 0 spiro atoms. The molecule has 0 unspecified atom stereocenters. The summed E-state index contributed by atoms with van der Waals surface area (Å²) < 4.78 is 13.6. The summed E-state index contributed by atoms with van der Waals surface area (Å²) in [4.78, 5) is 11.2. The summed E-state index contributed by atoms with van der Waals surface area (Å²) in [5.41, 5.74) is 8.98. The first-order chi connectivity index (χ1) is 10.1. The molecule has 2 N–H and O–H groups in total. The molecule has 1 aliphatic heterocycles. The van der Waals surface area contributed by atoms with E-state index in [-0.39, 0.29) is 5.82 Å². The quantitative estimate of drug-likeness (QED) is 0.920. The third-order valence-corrected chi connectivity index (χ3v) is 4.32. The average Bonchev–Trinajstić information content (AvgIpc) is 3.23. The third kappa shape index (κ3) is 2.04. The van der Waals surface area contributed by atoms with Crippen molar-refractivity contribution in [2.75, 3.05) is 17.2 Å². The van der Waals surface area contributed by atoms with E-state index in [0.717, 1.165) is 54.3 Å². The Labute approximate surface area is 122 Å². The summed E-state index contributed by atoms with van der Waals surface area (Å²) in [6.45, 7) is 2.73. The highest BCUT2D eigenvalue weighted by molar-refractivity contribution is 5.71. The Morgan fingerprint density at radius 1 is 1.29 bits per heavy atom. The van der Waals surface area contributed by atoms with E-state index in [4.69, 9.17) is 10.7 Å². The molecule has 0 bridgehead atoms. The molecule has 5 heteroatoms. The van der Waals surface area contributed by atoms with E-state index < -0.39 is 0 Å². The minimum atomic E-state index is -0.220. The first-order valence-corrected chi connectivity index (χ1v) is 7.33. The molecule has 0 atom stereocenters. The highest BCUT2D eigenvalue weighted by Crippen LogP contribution is 2.41. The molecule has 2 aromatic rings. The molecule has 2 heterocycles. The van der Waals surface area contributed by atoms with Crippen molar-refractivity contribution >= 4 is 17.3 Å². The Morgan fingerprint density at radius 3 is 2.86 bits per heavy atom. The van der Waals surface area contributed by atoms with Gasteiger partial charge in [0.05, 0.1) is 0 Å². The van der Waals surface area contributed by atoms with Gasteiger partial charge in [0.2, 0.25) is 0 Å². The zero-order valence-electron chi connectivity index (χ0n) is 11.9. The van der Waals surface area contributed by atoms with E-state index in [2.05, 4.69) is 9.88 Å². The second-order valence-electron chi connectivity index (χ2n) is 5.86. The number of nitrogen functional groups attached to an aromatic ring is 1. The van der Waals surface area contributed by atoms with Crippen LogP contribution in [0.1, 0.15) is 35.7 Å². The van der Waals surface area contributed by atoms with Crippen LogP contribution in [0.3, 0.4) is 0 Å². The Kier molecular flexibility index (Phi) is 2.64. The predicted molar refractivity (Wildman–Crippen MR) is 80.3 cm³/mol. The zero-order valence-corrected chi connectivity index (χ0v) is 11.9. The fourth-order valence-electron chi connectivity index (χ4n) is 2.90. The van der Waals surface area contributed by atoms with Gasteiger partial charge in [0.25, 0.3) is 0 Å². The van der Waals surface area contributed by atoms with E-state index in [0.29, 0.717) is 11.7 Å². The van der Waals surface area contributed by atoms with Crippen molar-refractivity contribution in [1.82, 2.24) is 9.97 Å². The van der Waals surface area contributed by atoms with Crippen molar-refractivity contribution in [2.24, 2.45) is 0 Å². The summed E-state index contributed by atoms with van der Waals surface area (Å²) in [6, 6.07) is 4.95. The fraction of sp³-hybridized carbons (Fsp3) is 0.375. The van der Waals surface area contributed by atoms with Gasteiger partial charge in [0.15, 0.2) is 0 Å². The van der Waals surface area contributed by atoms with Gasteiger partial charge < -0.3 is 10.6 Å². The summed E-state index contributed by atoms with van der Waals surface area (Å²) in [6.07, 6.45) is 3.16. The van der Waals surface area contributed by atoms with Gasteiger partial charge in [-0.25, -0.2) is 14.4 Å². The molecular weight excluding hydrogens is 267 g/mol. The molecule has 1 aliphatic carbocycles. The van der Waals surface area contributed by atoms with Gasteiger partial charge in [-0.1, -0.05) is 6.07 Å². The van der Waals surface area contributed by atoms with Crippen molar-refractivity contribution in [1.29, 1.82) is 0 Å². The Bertz CT molecular complexity index is 724. The molecule has 1 fully saturated rings. The predicted octanol–water partition coefficient (Wildman–Crippen LogP) is 3.08. The van der Waals surface area contributed by atoms with Crippen LogP contribution in [-0.4, -0.2) is 16.5 Å². The molecule has 4 rings (SSSR count). The van der Waals surface area contributed by atoms with Gasteiger partial charge in [-0.2, -0.15) is 0 Å². The van der Waals surface area contributed by atoms with Gasteiger partial charge in [-0.3, -0.25) is 0 Å². The maximum absolute atomic E-state index is 13.6. The summed E-state index contributed by atoms with van der Waals surface area (Å²) in [7, 11) is 0. The Balaban J connectivity index is 1.83. The van der Waals surface area contributed by atoms with Crippen LogP contribution in [0.4, 0.5) is 21.7 Å². The van der Waals surface area contributed by atoms with Crippen LogP contribution in [0, 0.1) is 12.7 Å². The van der Waals surface area contributed by atoms with Gasteiger partial charge in [0.1, 0.15) is 23.3 Å². The lowest BCUT2D eigenvalue weighted by Crippen LogP contribution is -2.18. The first-order valence-electron chi connectivity index (χ1n) is 7.33. The van der Waals surface area contributed by atoms with Crippen LogP contribution >= 0.6 is 0 Å². The highest BCUT2D eigenvalue weighted by atomic mass is 19.1. The minimum Gasteiger partial charge on any atom is -0.383 e. The number of halogens is 1. The third-order valence-electron chi connectivity index (χ3n) is 4.32. The number of anilines is 3. The van der Waals surface area contributed by atoms with E-state index in [1.165, 1.54) is 6.07 Å². The molecule has 1 aromatic heterocycles. The molecular formula is C16H17FN4. The lowest BCUT2D eigenvalue weighted by Gasteiger charge is -2.21. The Morgan fingerprint density at radius 2 is 2.10 bits per heavy atom. The number of nitrogens with two attached hydrogens (primary N) is 1. The summed E-state index contributed by atoms with van der Waals surface area (Å²) >= 11 is 0. The van der Waals surface area contributed by atoms with Gasteiger partial charge in [-0.15, -0.1) is 0 Å². The number of hydrogen-bond acceptors (Lipinski definition) is 4. The van der Waals surface area contributed by atoms with Crippen molar-refractivity contribution in [3.8, 4) is 0 Å². The van der Waals surface area contributed by atoms with Crippen LogP contribution < -0.4 is 10.6 Å². The van der Waals surface area contributed by atoms with Crippen molar-refractivity contribution in [3.63, 3.8) is 0 Å². The van der Waals surface area contributed by atoms with Crippen LogP contribution in [0.25, 0.3) is 0 Å². The summed E-state index contributed by atoms with van der Waals surface area (Å²) in [5, 5.41) is 0. The van der Waals surface area contributed by atoms with Crippen molar-refractivity contribution in [3.05, 3.63) is 41.0 Å². The number of fused-ring (bicyclic) bond motifs is 1. The van der Waals surface area contributed by atoms with Crippen LogP contribution in [0.5, 0.6) is 0 Å². The van der Waals surface area contributed by atoms with Gasteiger partial charge in [-0.05, 0) is 43.9 Å². The van der Waals surface area contributed by atoms with Gasteiger partial charge >= 0.3 is 0 Å². The van der Waals surface area contributed by atoms with Crippen molar-refractivity contribution < 1.29 is 4.39 Å². The second-order valence-corrected chi connectivity index (χ2v) is 5.86. The highest BCUT2D eigenvalue weighted by Gasteiger charge is 2.30. The monoisotopic (exact) mass is 284 g/mol. The largest absolute Gasteiger partial charge is 0.383 e. The van der Waals surface area contributed by atoms with Crippen LogP contribution in [-0.2, 0) is 6.42 Å². The zero-order chi connectivity index (χ0) is 14.6. The van der Waals surface area contributed by atoms with E-state index in [1.807, 2.05) is 13.0 Å². The number of nitrogens with zero attached hydrogens (tertiary/aromatic N) is 3. The van der Waals surface area contributed by atoms with E-state index >= 15 is 0 Å². The molecule has 21 heavy (non-hydrogen) atoms. The lowest BCUT2D eigenvalue weighted by atomic mass is 10.1. The first kappa shape index (κ1) is 12.6. The van der Waals surface area contributed by atoms with Crippen LogP contribution in [0.15, 0.2) is 18.2 Å². The number of aromatic nitrogens is 2. The number of benzene rings is 1. The minimum absolute atomic E-state index is 0.220. The number of rotatable bonds is 2. The summed E-state index contributed by atoms with van der Waals surface area (Å²) in [5.74, 6) is 2.42. The second kappa shape index (κ2) is 4.41. The van der Waals surface area contributed by atoms with Crippen molar-refractivity contribution in [2.45, 2.75) is 32.1 Å². The molecule has 4 nitrogen and oxygen atoms in total. The smallest absolute Gasteiger partial charge is 0.141 e. The normalized spacial score (nSPS) is 17.1. The SMILES string of the molecule is Cc1c(N)nc(C2CC2)nc1N1CCc2ccc(F)cc21. The maximum atomic E-state index is 13.6. The standard InChI is InChI=1S/C16H17FN4/c1-9-14(18)19-15(11-2-3-11)20-16(9)21-7-6-10-4-5-12(17)8-13(10)21/h4-5,8,11H,2-3,6-7H2,1H3,(H2,18,19,20). The molecule has 108 valence electrons. The van der Waals surface area contributed by atoms with Crippen LogP contribution in [0.2, 0.25) is 0 Å². The molecule has 2 aliphatic rings. The molecule has 1 saturated carbocycles. The molecule has 0 saturated heterocycles. The van der Waals surface area contributed by atoms with E-state index in [1.54, 1.807) is 6.07 Å². The molecule has 0 radical (unpaired) electrons. The Hall–Kier alpha value is -2.17. The number of hydrogen-bond donors (Lipinski definition) is 1. The lowest BCUT2D eigenvalue weighted by molar-refractivity contribution is 0.628. The van der Waals surface area contributed by atoms with E-state index in [9.17, 15) is 4.39 Å². The van der Waals surface area contributed by atoms with Gasteiger partial charge in [0, 0.05) is 23.7 Å². The average molecular weight is 284 g/mol.